The first-order valence-electron chi connectivity index (χ1n) is 6.85. The Morgan fingerprint density at radius 2 is 2.16 bits per heavy atom. The summed E-state index contributed by atoms with van der Waals surface area (Å²) in [6, 6.07) is 5.36. The van der Waals surface area contributed by atoms with Crippen molar-refractivity contribution >= 4 is 15.7 Å². The molecule has 1 saturated carbocycles. The summed E-state index contributed by atoms with van der Waals surface area (Å²) in [5.41, 5.74) is 2.31. The van der Waals surface area contributed by atoms with E-state index in [1.807, 2.05) is 6.07 Å². The Bertz CT molecular complexity index is 591. The Morgan fingerprint density at radius 3 is 2.84 bits per heavy atom. The molecule has 5 heteroatoms. The van der Waals surface area contributed by atoms with Gasteiger partial charge in [-0.05, 0) is 42.4 Å². The molecule has 1 heterocycles. The molecular weight excluding hydrogens is 260 g/mol. The molecule has 1 aliphatic heterocycles. The molecule has 1 aromatic rings. The van der Waals surface area contributed by atoms with Crippen molar-refractivity contribution in [1.29, 1.82) is 0 Å². The molecule has 0 aromatic heterocycles. The maximum Gasteiger partial charge on any atom is 0.240 e. The van der Waals surface area contributed by atoms with Crippen LogP contribution in [0.2, 0.25) is 0 Å². The van der Waals surface area contributed by atoms with Gasteiger partial charge in [-0.15, -0.1) is 0 Å². The van der Waals surface area contributed by atoms with Gasteiger partial charge < -0.3 is 5.32 Å². The Kier molecular flexibility index (Phi) is 3.06. The summed E-state index contributed by atoms with van der Waals surface area (Å²) < 4.78 is 27.3. The normalized spacial score (nSPS) is 20.5. The summed E-state index contributed by atoms with van der Waals surface area (Å²) in [5, 5.41) is 3.22. The van der Waals surface area contributed by atoms with Crippen molar-refractivity contribution in [1.82, 2.24) is 4.72 Å². The highest BCUT2D eigenvalue weighted by Gasteiger charge is 2.33. The van der Waals surface area contributed by atoms with Gasteiger partial charge in [0.2, 0.25) is 10.0 Å². The van der Waals surface area contributed by atoms with Crippen LogP contribution in [-0.4, -0.2) is 21.5 Å². The summed E-state index contributed by atoms with van der Waals surface area (Å²) in [4.78, 5) is 0.364. The lowest BCUT2D eigenvalue weighted by atomic mass is 9.71. The van der Waals surface area contributed by atoms with Crippen molar-refractivity contribution in [2.75, 3.05) is 18.4 Å². The highest BCUT2D eigenvalue weighted by Crippen LogP contribution is 2.39. The lowest BCUT2D eigenvalue weighted by molar-refractivity contribution is 0.166. The summed E-state index contributed by atoms with van der Waals surface area (Å²) in [6.45, 7) is 3.58. The predicted molar refractivity (Wildman–Crippen MR) is 75.8 cm³/mol. The number of nitrogens with one attached hydrogen (secondary N) is 2. The van der Waals surface area contributed by atoms with Crippen LogP contribution >= 0.6 is 0 Å². The number of anilines is 1. The van der Waals surface area contributed by atoms with Crippen molar-refractivity contribution < 1.29 is 8.42 Å². The predicted octanol–water partition coefficient (Wildman–Crippen LogP) is 2.12. The fraction of sp³-hybridized carbons (Fsp3) is 0.571. The van der Waals surface area contributed by atoms with E-state index >= 15 is 0 Å². The van der Waals surface area contributed by atoms with Crippen molar-refractivity contribution in [3.8, 4) is 0 Å². The zero-order valence-electron chi connectivity index (χ0n) is 11.2. The fourth-order valence-electron chi connectivity index (χ4n) is 2.75. The first-order valence-corrected chi connectivity index (χ1v) is 8.33. The van der Waals surface area contributed by atoms with Gasteiger partial charge in [-0.1, -0.05) is 19.4 Å². The molecule has 0 atom stereocenters. The summed E-state index contributed by atoms with van der Waals surface area (Å²) in [6.07, 6.45) is 4.41. The minimum absolute atomic E-state index is 0.155. The second kappa shape index (κ2) is 4.49. The van der Waals surface area contributed by atoms with Crippen LogP contribution in [0.1, 0.15) is 31.7 Å². The minimum atomic E-state index is -3.38. The van der Waals surface area contributed by atoms with E-state index in [0.29, 0.717) is 11.4 Å². The smallest absolute Gasteiger partial charge is 0.240 e. The number of hydrogen-bond acceptors (Lipinski definition) is 3. The van der Waals surface area contributed by atoms with Gasteiger partial charge in [-0.25, -0.2) is 13.1 Å². The molecule has 104 valence electrons. The number of benzene rings is 1. The molecule has 2 aliphatic rings. The molecule has 1 aliphatic carbocycles. The van der Waals surface area contributed by atoms with E-state index in [2.05, 4.69) is 17.0 Å². The fourth-order valence-corrected chi connectivity index (χ4v) is 3.97. The van der Waals surface area contributed by atoms with Gasteiger partial charge >= 0.3 is 0 Å². The van der Waals surface area contributed by atoms with E-state index in [1.165, 1.54) is 12.0 Å². The standard InChI is InChI=1S/C14H20N2O2S/c1-14(6-2-7-14)10-16-19(17,18)12-4-3-11-5-8-15-13(11)9-12/h3-4,9,15-16H,2,5-8,10H2,1H3. The first kappa shape index (κ1) is 12.9. The van der Waals surface area contributed by atoms with E-state index in [4.69, 9.17) is 0 Å². The van der Waals surface area contributed by atoms with Crippen LogP contribution in [-0.2, 0) is 16.4 Å². The van der Waals surface area contributed by atoms with Gasteiger partial charge in [0.15, 0.2) is 0 Å². The average molecular weight is 280 g/mol. The molecule has 0 unspecified atom stereocenters. The van der Waals surface area contributed by atoms with Crippen molar-refractivity contribution in [3.63, 3.8) is 0 Å². The Balaban J connectivity index is 1.76. The first-order chi connectivity index (χ1) is 8.99. The van der Waals surface area contributed by atoms with Crippen LogP contribution in [0.25, 0.3) is 0 Å². The number of hydrogen-bond donors (Lipinski definition) is 2. The molecule has 0 saturated heterocycles. The quantitative estimate of drug-likeness (QED) is 0.888. The van der Waals surface area contributed by atoms with Crippen LogP contribution < -0.4 is 10.0 Å². The van der Waals surface area contributed by atoms with Crippen molar-refractivity contribution in [2.24, 2.45) is 5.41 Å². The van der Waals surface area contributed by atoms with Crippen LogP contribution in [0.15, 0.2) is 23.1 Å². The minimum Gasteiger partial charge on any atom is -0.384 e. The van der Waals surface area contributed by atoms with E-state index in [1.54, 1.807) is 12.1 Å². The third-order valence-electron chi connectivity index (χ3n) is 4.35. The zero-order valence-corrected chi connectivity index (χ0v) is 12.0. The number of rotatable bonds is 4. The molecule has 0 bridgehead atoms. The molecule has 19 heavy (non-hydrogen) atoms. The highest BCUT2D eigenvalue weighted by molar-refractivity contribution is 7.89. The topological polar surface area (TPSA) is 58.2 Å². The van der Waals surface area contributed by atoms with Gasteiger partial charge in [0.25, 0.3) is 0 Å². The summed E-state index contributed by atoms with van der Waals surface area (Å²) in [7, 11) is -3.38. The van der Waals surface area contributed by atoms with Gasteiger partial charge in [-0.3, -0.25) is 0 Å². The SMILES string of the molecule is CC1(CNS(=O)(=O)c2ccc3c(c2)NCC3)CCC1. The number of fused-ring (bicyclic) bond motifs is 1. The molecule has 1 fully saturated rings. The third kappa shape index (κ3) is 2.49. The van der Waals surface area contributed by atoms with Crippen molar-refractivity contribution in [3.05, 3.63) is 23.8 Å². The Morgan fingerprint density at radius 1 is 1.37 bits per heavy atom. The lowest BCUT2D eigenvalue weighted by Gasteiger charge is -2.38. The molecule has 0 radical (unpaired) electrons. The molecule has 1 aromatic carbocycles. The molecule has 0 amide bonds. The highest BCUT2D eigenvalue weighted by atomic mass is 32.2. The molecule has 3 rings (SSSR count). The zero-order chi connectivity index (χ0) is 13.5. The molecule has 4 nitrogen and oxygen atoms in total. The van der Waals surface area contributed by atoms with Gasteiger partial charge in [0.1, 0.15) is 0 Å². The molecular formula is C14H20N2O2S. The largest absolute Gasteiger partial charge is 0.384 e. The second-order valence-corrected chi connectivity index (χ2v) is 7.75. The average Bonchev–Trinajstić information content (AvgIpc) is 2.81. The summed E-state index contributed by atoms with van der Waals surface area (Å²) >= 11 is 0. The molecule has 0 spiro atoms. The van der Waals surface area contributed by atoms with Crippen LogP contribution in [0.4, 0.5) is 5.69 Å². The van der Waals surface area contributed by atoms with E-state index < -0.39 is 10.0 Å². The van der Waals surface area contributed by atoms with E-state index in [0.717, 1.165) is 31.5 Å². The third-order valence-corrected chi connectivity index (χ3v) is 5.75. The maximum absolute atomic E-state index is 12.3. The van der Waals surface area contributed by atoms with Gasteiger partial charge in [0.05, 0.1) is 4.90 Å². The molecule has 2 N–H and O–H groups in total. The number of sulfonamides is 1. The van der Waals surface area contributed by atoms with E-state index in [9.17, 15) is 8.42 Å². The Hall–Kier alpha value is -1.07. The summed E-state index contributed by atoms with van der Waals surface area (Å²) in [5.74, 6) is 0. The van der Waals surface area contributed by atoms with Crippen molar-refractivity contribution in [2.45, 2.75) is 37.5 Å². The maximum atomic E-state index is 12.3. The van der Waals surface area contributed by atoms with Crippen LogP contribution in [0, 0.1) is 5.41 Å². The second-order valence-electron chi connectivity index (χ2n) is 5.98. The Labute approximate surface area is 114 Å². The van der Waals surface area contributed by atoms with Gasteiger partial charge in [-0.2, -0.15) is 0 Å². The van der Waals surface area contributed by atoms with Crippen LogP contribution in [0.5, 0.6) is 0 Å². The monoisotopic (exact) mass is 280 g/mol. The van der Waals surface area contributed by atoms with Crippen LogP contribution in [0.3, 0.4) is 0 Å². The lowest BCUT2D eigenvalue weighted by Crippen LogP contribution is -2.39. The van der Waals surface area contributed by atoms with Gasteiger partial charge in [0, 0.05) is 18.8 Å². The van der Waals surface area contributed by atoms with E-state index in [-0.39, 0.29) is 5.41 Å².